The van der Waals surface area contributed by atoms with Gasteiger partial charge in [0, 0.05) is 6.42 Å². The molecule has 3 atom stereocenters. The van der Waals surface area contributed by atoms with Gasteiger partial charge in [-0.3, -0.25) is 9.59 Å². The molecule has 0 bridgehead atoms. The van der Waals surface area contributed by atoms with Gasteiger partial charge < -0.3 is 9.47 Å². The highest BCUT2D eigenvalue weighted by Gasteiger charge is 2.85. The average molecular weight is 372 g/mol. The summed E-state index contributed by atoms with van der Waals surface area (Å²) in [5, 5.41) is 0. The molecular formula is C14H13IO4. The van der Waals surface area contributed by atoms with Crippen molar-refractivity contribution in [2.45, 2.75) is 22.4 Å². The first kappa shape index (κ1) is 12.9. The summed E-state index contributed by atoms with van der Waals surface area (Å²) in [5.41, 5.74) is 0.0331. The third kappa shape index (κ3) is 1.63. The van der Waals surface area contributed by atoms with E-state index in [4.69, 9.17) is 9.47 Å². The minimum absolute atomic E-state index is 0.262. The number of halogens is 1. The van der Waals surface area contributed by atoms with Gasteiger partial charge in [0.05, 0.1) is 10.5 Å². The molecule has 0 spiro atoms. The molecule has 0 aromatic heterocycles. The molecule has 2 fully saturated rings. The number of alkyl halides is 1. The van der Waals surface area contributed by atoms with Gasteiger partial charge in [0.15, 0.2) is 5.41 Å². The fourth-order valence-electron chi connectivity index (χ4n) is 2.83. The molecule has 1 aliphatic carbocycles. The van der Waals surface area contributed by atoms with Crippen LogP contribution in [0.1, 0.15) is 12.0 Å². The van der Waals surface area contributed by atoms with E-state index in [0.717, 1.165) is 5.56 Å². The maximum atomic E-state index is 12.0. The molecule has 1 aromatic carbocycles. The largest absolute Gasteiger partial charge is 0.468 e. The number of hydrogen-bond acceptors (Lipinski definition) is 4. The first-order valence-electron chi connectivity index (χ1n) is 6.07. The van der Waals surface area contributed by atoms with Crippen LogP contribution in [0.15, 0.2) is 30.3 Å². The zero-order valence-corrected chi connectivity index (χ0v) is 12.5. The Balaban J connectivity index is 1.84. The summed E-state index contributed by atoms with van der Waals surface area (Å²) in [5.74, 6) is -0.905. The van der Waals surface area contributed by atoms with Crippen LogP contribution in [0.2, 0.25) is 0 Å². The first-order valence-corrected chi connectivity index (χ1v) is 7.15. The number of hydrogen-bond donors (Lipinski definition) is 0. The molecule has 0 amide bonds. The summed E-state index contributed by atoms with van der Waals surface area (Å²) in [6.07, 6.45) is 0.889. The predicted octanol–water partition coefficient (Wildman–Crippen LogP) is 1.89. The van der Waals surface area contributed by atoms with Crippen molar-refractivity contribution in [3.63, 3.8) is 0 Å². The number of benzene rings is 1. The number of ether oxygens (including phenoxy) is 2. The molecule has 1 saturated carbocycles. The second-order valence-corrected chi connectivity index (χ2v) is 6.94. The minimum atomic E-state index is -1.07. The Morgan fingerprint density at radius 3 is 2.74 bits per heavy atom. The smallest absolute Gasteiger partial charge is 0.325 e. The van der Waals surface area contributed by atoms with Crippen LogP contribution >= 0.6 is 22.6 Å². The molecule has 100 valence electrons. The summed E-state index contributed by atoms with van der Waals surface area (Å²) in [6.45, 7) is 0. The van der Waals surface area contributed by atoms with E-state index in [0.29, 0.717) is 12.8 Å². The highest BCUT2D eigenvalue weighted by atomic mass is 127. The van der Waals surface area contributed by atoms with E-state index in [9.17, 15) is 9.59 Å². The van der Waals surface area contributed by atoms with Crippen molar-refractivity contribution in [3.8, 4) is 0 Å². The molecule has 1 aromatic rings. The standard InChI is InChI=1S/C14H13IO4/c1-18-11(16)13-8-14(13,15)10(19-12(13)17)7-9-5-3-2-4-6-9/h2-6,10H,7-8H2,1H3/t10-,13+,14-/m0/s1. The number of rotatable bonds is 3. The van der Waals surface area contributed by atoms with Gasteiger partial charge in [-0.2, -0.15) is 0 Å². The van der Waals surface area contributed by atoms with Crippen molar-refractivity contribution < 1.29 is 19.1 Å². The van der Waals surface area contributed by atoms with Crippen LogP contribution in [-0.4, -0.2) is 28.6 Å². The zero-order chi connectivity index (χ0) is 13.7. The van der Waals surface area contributed by atoms with Gasteiger partial charge in [0.1, 0.15) is 6.10 Å². The summed E-state index contributed by atoms with van der Waals surface area (Å²) in [4.78, 5) is 23.9. The van der Waals surface area contributed by atoms with E-state index in [1.54, 1.807) is 0 Å². The van der Waals surface area contributed by atoms with E-state index in [-0.39, 0.29) is 6.10 Å². The van der Waals surface area contributed by atoms with E-state index >= 15 is 0 Å². The topological polar surface area (TPSA) is 52.6 Å². The molecule has 0 radical (unpaired) electrons. The van der Waals surface area contributed by atoms with Gasteiger partial charge in [0.25, 0.3) is 0 Å². The maximum Gasteiger partial charge on any atom is 0.325 e. The fourth-order valence-corrected chi connectivity index (χ4v) is 4.19. The Morgan fingerprint density at radius 1 is 1.47 bits per heavy atom. The van der Waals surface area contributed by atoms with Crippen LogP contribution in [-0.2, 0) is 25.5 Å². The van der Waals surface area contributed by atoms with Crippen LogP contribution in [0.25, 0.3) is 0 Å². The number of fused-ring (bicyclic) bond motifs is 1. The van der Waals surface area contributed by atoms with Crippen molar-refractivity contribution in [3.05, 3.63) is 35.9 Å². The molecule has 5 heteroatoms. The third-order valence-electron chi connectivity index (χ3n) is 4.01. The normalized spacial score (nSPS) is 35.5. The Labute approximate surface area is 124 Å². The molecule has 19 heavy (non-hydrogen) atoms. The summed E-state index contributed by atoms with van der Waals surface area (Å²) in [6, 6.07) is 9.83. The summed E-state index contributed by atoms with van der Waals surface area (Å²) >= 11 is 2.19. The molecular weight excluding hydrogens is 359 g/mol. The molecule has 0 unspecified atom stereocenters. The summed E-state index contributed by atoms with van der Waals surface area (Å²) in [7, 11) is 1.31. The molecule has 1 saturated heterocycles. The van der Waals surface area contributed by atoms with Crippen LogP contribution in [0.4, 0.5) is 0 Å². The number of methoxy groups -OCH3 is 1. The molecule has 1 heterocycles. The minimum Gasteiger partial charge on any atom is -0.468 e. The highest BCUT2D eigenvalue weighted by molar-refractivity contribution is 14.1. The molecule has 0 N–H and O–H groups in total. The van der Waals surface area contributed by atoms with Gasteiger partial charge in [0.2, 0.25) is 0 Å². The highest BCUT2D eigenvalue weighted by Crippen LogP contribution is 2.70. The van der Waals surface area contributed by atoms with Gasteiger partial charge in [-0.05, 0) is 12.0 Å². The van der Waals surface area contributed by atoms with Crippen LogP contribution in [0.3, 0.4) is 0 Å². The first-order chi connectivity index (χ1) is 9.04. The third-order valence-corrected chi connectivity index (χ3v) is 6.01. The van der Waals surface area contributed by atoms with Gasteiger partial charge >= 0.3 is 11.9 Å². The molecule has 1 aliphatic heterocycles. The van der Waals surface area contributed by atoms with Crippen molar-refractivity contribution in [1.29, 1.82) is 0 Å². The van der Waals surface area contributed by atoms with Gasteiger partial charge in [-0.15, -0.1) is 0 Å². The summed E-state index contributed by atoms with van der Waals surface area (Å²) < 4.78 is 9.72. The average Bonchev–Trinajstić information content (AvgIpc) is 3.01. The van der Waals surface area contributed by atoms with Crippen molar-refractivity contribution in [2.75, 3.05) is 7.11 Å². The van der Waals surface area contributed by atoms with Gasteiger partial charge in [-0.1, -0.05) is 52.9 Å². The van der Waals surface area contributed by atoms with Crippen molar-refractivity contribution in [1.82, 2.24) is 0 Å². The lowest BCUT2D eigenvalue weighted by Crippen LogP contribution is -2.29. The number of esters is 2. The van der Waals surface area contributed by atoms with Crippen LogP contribution in [0.5, 0.6) is 0 Å². The molecule has 3 rings (SSSR count). The second-order valence-electron chi connectivity index (χ2n) is 5.02. The monoisotopic (exact) mass is 372 g/mol. The predicted molar refractivity (Wildman–Crippen MR) is 75.8 cm³/mol. The Kier molecular flexibility index (Phi) is 2.85. The van der Waals surface area contributed by atoms with Crippen molar-refractivity contribution in [2.24, 2.45) is 5.41 Å². The Bertz CT molecular complexity index is 544. The van der Waals surface area contributed by atoms with E-state index in [1.807, 2.05) is 30.3 Å². The van der Waals surface area contributed by atoms with Crippen LogP contribution in [0, 0.1) is 5.41 Å². The van der Waals surface area contributed by atoms with Gasteiger partial charge in [-0.25, -0.2) is 0 Å². The van der Waals surface area contributed by atoms with E-state index < -0.39 is 20.8 Å². The Hall–Kier alpha value is -1.11. The lowest BCUT2D eigenvalue weighted by molar-refractivity contribution is -0.159. The number of carbonyl (C=O) groups excluding carboxylic acids is 2. The fraction of sp³-hybridized carbons (Fsp3) is 0.429. The quantitative estimate of drug-likeness (QED) is 0.352. The molecule has 4 nitrogen and oxygen atoms in total. The molecule has 2 aliphatic rings. The van der Waals surface area contributed by atoms with E-state index in [2.05, 4.69) is 22.6 Å². The Morgan fingerprint density at radius 2 is 2.16 bits per heavy atom. The maximum absolute atomic E-state index is 12.0. The van der Waals surface area contributed by atoms with Crippen molar-refractivity contribution >= 4 is 34.5 Å². The number of cyclic esters (lactones) is 1. The second kappa shape index (κ2) is 4.19. The zero-order valence-electron chi connectivity index (χ0n) is 10.4. The SMILES string of the molecule is COC(=O)[C@@]12C[C@]1(I)[C@H](Cc1ccccc1)OC2=O. The lowest BCUT2D eigenvalue weighted by Gasteiger charge is -2.16. The number of carbonyl (C=O) groups is 2. The van der Waals surface area contributed by atoms with Crippen LogP contribution < -0.4 is 0 Å². The lowest BCUT2D eigenvalue weighted by atomic mass is 10.0. The van der Waals surface area contributed by atoms with E-state index in [1.165, 1.54) is 7.11 Å².